The molecule has 0 atom stereocenters. The second-order valence-electron chi connectivity index (χ2n) is 1.56. The molecule has 0 N–H and O–H groups in total. The van der Waals surface area contributed by atoms with Gasteiger partial charge in [0.15, 0.2) is 0 Å². The third-order valence-corrected chi connectivity index (χ3v) is 2.18. The van der Waals surface area contributed by atoms with Crippen molar-refractivity contribution in [1.82, 2.24) is 0 Å². The molecule has 0 aliphatic carbocycles. The second kappa shape index (κ2) is 4.06. The molecule has 0 aliphatic heterocycles. The molecule has 0 aromatic rings. The van der Waals surface area contributed by atoms with Gasteiger partial charge in [-0.05, 0) is 31.9 Å². The van der Waals surface area contributed by atoms with Crippen LogP contribution >= 0.6 is 31.9 Å². The fourth-order valence-electron chi connectivity index (χ4n) is 0.340. The van der Waals surface area contributed by atoms with Crippen LogP contribution in [0.1, 0.15) is 0 Å². The molecular weight excluding hydrogens is 284 g/mol. The molecule has 0 aliphatic rings. The molecule has 11 heavy (non-hydrogen) atoms. The smallest absolute Gasteiger partial charge is 0.345 e. The van der Waals surface area contributed by atoms with Gasteiger partial charge in [-0.25, -0.2) is 9.59 Å². The topological polar surface area (TPSA) is 52.6 Å². The normalized spacial score (nSPS) is 10.5. The van der Waals surface area contributed by atoms with E-state index in [0.29, 0.717) is 0 Å². The molecular formula is C5H6Br2O4. The standard InChI is InChI=1S/C5H6Br2O4/c1-10-3(8)5(6,7)4(9)11-2/h1-2H3. The molecule has 6 heteroatoms. The highest BCUT2D eigenvalue weighted by Crippen LogP contribution is 2.28. The van der Waals surface area contributed by atoms with Gasteiger partial charge in [0.2, 0.25) is 0 Å². The number of esters is 2. The Bertz CT molecular complexity index is 159. The van der Waals surface area contributed by atoms with Gasteiger partial charge in [0, 0.05) is 0 Å². The van der Waals surface area contributed by atoms with E-state index in [2.05, 4.69) is 41.3 Å². The van der Waals surface area contributed by atoms with Crippen molar-refractivity contribution < 1.29 is 19.1 Å². The number of hydrogen-bond donors (Lipinski definition) is 0. The van der Waals surface area contributed by atoms with Crippen molar-refractivity contribution in [3.05, 3.63) is 0 Å². The lowest BCUT2D eigenvalue weighted by Gasteiger charge is -2.13. The van der Waals surface area contributed by atoms with Gasteiger partial charge in [-0.15, -0.1) is 0 Å². The Morgan fingerprint density at radius 1 is 1.09 bits per heavy atom. The van der Waals surface area contributed by atoms with Gasteiger partial charge in [-0.1, -0.05) is 0 Å². The maximum absolute atomic E-state index is 10.8. The van der Waals surface area contributed by atoms with E-state index in [-0.39, 0.29) is 0 Å². The van der Waals surface area contributed by atoms with E-state index in [9.17, 15) is 9.59 Å². The summed E-state index contributed by atoms with van der Waals surface area (Å²) in [6.07, 6.45) is 0. The van der Waals surface area contributed by atoms with E-state index in [4.69, 9.17) is 0 Å². The SMILES string of the molecule is COC(=O)C(Br)(Br)C(=O)OC. The van der Waals surface area contributed by atoms with Gasteiger partial charge in [-0.2, -0.15) is 0 Å². The lowest BCUT2D eigenvalue weighted by atomic mass is 10.4. The quantitative estimate of drug-likeness (QED) is 0.429. The maximum atomic E-state index is 10.8. The van der Waals surface area contributed by atoms with Gasteiger partial charge in [-0.3, -0.25) is 0 Å². The predicted octanol–water partition coefficient (Wildman–Crippen LogP) is 0.818. The average Bonchev–Trinajstić information content (AvgIpc) is 2.01. The molecule has 0 unspecified atom stereocenters. The second-order valence-corrected chi connectivity index (χ2v) is 5.00. The van der Waals surface area contributed by atoms with Crippen molar-refractivity contribution in [2.75, 3.05) is 14.2 Å². The van der Waals surface area contributed by atoms with Crippen LogP contribution in [0.25, 0.3) is 0 Å². The number of halogens is 2. The minimum Gasteiger partial charge on any atom is -0.467 e. The lowest BCUT2D eigenvalue weighted by Crippen LogP contribution is -2.36. The highest BCUT2D eigenvalue weighted by Gasteiger charge is 2.43. The van der Waals surface area contributed by atoms with E-state index >= 15 is 0 Å². The third kappa shape index (κ3) is 2.44. The number of ether oxygens (including phenoxy) is 2. The zero-order chi connectivity index (χ0) is 9.07. The van der Waals surface area contributed by atoms with Crippen LogP contribution in [0.4, 0.5) is 0 Å². The molecule has 0 aromatic carbocycles. The number of rotatable bonds is 2. The molecule has 0 saturated heterocycles. The monoisotopic (exact) mass is 288 g/mol. The van der Waals surface area contributed by atoms with Crippen LogP contribution in [0.2, 0.25) is 0 Å². The number of carbonyl (C=O) groups is 2. The Morgan fingerprint density at radius 3 is 1.55 bits per heavy atom. The molecule has 0 spiro atoms. The summed E-state index contributed by atoms with van der Waals surface area (Å²) >= 11 is 5.60. The minimum absolute atomic E-state index is 0.760. The van der Waals surface area contributed by atoms with Crippen molar-refractivity contribution in [2.24, 2.45) is 0 Å². The molecule has 0 bridgehead atoms. The maximum Gasteiger partial charge on any atom is 0.345 e. The van der Waals surface area contributed by atoms with E-state index in [1.807, 2.05) is 0 Å². The van der Waals surface area contributed by atoms with Crippen LogP contribution < -0.4 is 0 Å². The fraction of sp³-hybridized carbons (Fsp3) is 0.600. The largest absolute Gasteiger partial charge is 0.467 e. The number of methoxy groups -OCH3 is 2. The molecule has 4 nitrogen and oxygen atoms in total. The summed E-state index contributed by atoms with van der Waals surface area (Å²) in [5, 5.41) is 0. The van der Waals surface area contributed by atoms with Gasteiger partial charge in [0.05, 0.1) is 14.2 Å². The molecule has 0 fully saturated rings. The molecule has 0 heterocycles. The van der Waals surface area contributed by atoms with Crippen molar-refractivity contribution in [3.63, 3.8) is 0 Å². The van der Waals surface area contributed by atoms with Crippen molar-refractivity contribution >= 4 is 43.8 Å². The molecule has 0 saturated carbocycles. The predicted molar refractivity (Wildman–Crippen MR) is 44.6 cm³/mol. The Morgan fingerprint density at radius 2 is 1.36 bits per heavy atom. The molecule has 0 aromatic heterocycles. The Balaban J connectivity index is 4.44. The Labute approximate surface area is 80.5 Å². The van der Waals surface area contributed by atoms with Gasteiger partial charge in [0.1, 0.15) is 0 Å². The summed E-state index contributed by atoms with van der Waals surface area (Å²) in [6, 6.07) is 0. The van der Waals surface area contributed by atoms with Crippen LogP contribution in [0.5, 0.6) is 0 Å². The molecule has 0 rings (SSSR count). The zero-order valence-electron chi connectivity index (χ0n) is 5.89. The zero-order valence-corrected chi connectivity index (χ0v) is 9.06. The summed E-state index contributed by atoms with van der Waals surface area (Å²) in [6.45, 7) is 0. The summed E-state index contributed by atoms with van der Waals surface area (Å²) in [4.78, 5) is 21.6. The Hall–Kier alpha value is -0.100. The van der Waals surface area contributed by atoms with Crippen LogP contribution in [-0.4, -0.2) is 29.4 Å². The van der Waals surface area contributed by atoms with Crippen molar-refractivity contribution in [3.8, 4) is 0 Å². The van der Waals surface area contributed by atoms with Gasteiger partial charge in [0.25, 0.3) is 3.23 Å². The van der Waals surface area contributed by atoms with E-state index < -0.39 is 15.2 Å². The Kier molecular flexibility index (Phi) is 4.02. The summed E-state index contributed by atoms with van der Waals surface area (Å²) in [7, 11) is 2.34. The number of hydrogen-bond acceptors (Lipinski definition) is 4. The molecule has 64 valence electrons. The minimum atomic E-state index is -1.58. The van der Waals surface area contributed by atoms with E-state index in [1.54, 1.807) is 0 Å². The van der Waals surface area contributed by atoms with Gasteiger partial charge < -0.3 is 9.47 Å². The third-order valence-electron chi connectivity index (χ3n) is 0.884. The van der Waals surface area contributed by atoms with E-state index in [0.717, 1.165) is 0 Å². The first kappa shape index (κ1) is 10.9. The average molecular weight is 290 g/mol. The van der Waals surface area contributed by atoms with Crippen LogP contribution in [0.3, 0.4) is 0 Å². The lowest BCUT2D eigenvalue weighted by molar-refractivity contribution is -0.151. The first-order chi connectivity index (χ1) is 4.96. The first-order valence-corrected chi connectivity index (χ1v) is 4.10. The number of alkyl halides is 2. The van der Waals surface area contributed by atoms with Crippen LogP contribution in [-0.2, 0) is 19.1 Å². The summed E-state index contributed by atoms with van der Waals surface area (Å²) < 4.78 is 7.03. The molecule has 0 radical (unpaired) electrons. The first-order valence-electron chi connectivity index (χ1n) is 2.51. The van der Waals surface area contributed by atoms with Crippen LogP contribution in [0, 0.1) is 0 Å². The van der Waals surface area contributed by atoms with E-state index in [1.165, 1.54) is 14.2 Å². The fourth-order valence-corrected chi connectivity index (χ4v) is 0.987. The summed E-state index contributed by atoms with van der Waals surface area (Å²) in [5.74, 6) is -1.52. The highest BCUT2D eigenvalue weighted by atomic mass is 79.9. The van der Waals surface area contributed by atoms with Crippen molar-refractivity contribution in [2.45, 2.75) is 3.23 Å². The molecule has 0 amide bonds. The van der Waals surface area contributed by atoms with Gasteiger partial charge >= 0.3 is 11.9 Å². The summed E-state index contributed by atoms with van der Waals surface area (Å²) in [5.41, 5.74) is 0. The van der Waals surface area contributed by atoms with Crippen LogP contribution in [0.15, 0.2) is 0 Å². The number of carbonyl (C=O) groups excluding carboxylic acids is 2. The highest BCUT2D eigenvalue weighted by molar-refractivity contribution is 9.26. The van der Waals surface area contributed by atoms with Crippen molar-refractivity contribution in [1.29, 1.82) is 0 Å².